The molecular formula is C34H27NO. The fourth-order valence-electron chi connectivity index (χ4n) is 6.07. The molecule has 0 fully saturated rings. The zero-order chi connectivity index (χ0) is 24.2. The summed E-state index contributed by atoms with van der Waals surface area (Å²) in [5.74, 6) is 1.21. The highest BCUT2D eigenvalue weighted by Gasteiger charge is 2.40. The molecule has 0 radical (unpaired) electrons. The molecule has 2 heterocycles. The van der Waals surface area contributed by atoms with Crippen LogP contribution >= 0.6 is 0 Å². The zero-order valence-electron chi connectivity index (χ0n) is 20.5. The van der Waals surface area contributed by atoms with Gasteiger partial charge < -0.3 is 9.72 Å². The van der Waals surface area contributed by atoms with Crippen molar-refractivity contribution in [3.63, 3.8) is 0 Å². The van der Waals surface area contributed by atoms with Gasteiger partial charge in [0.25, 0.3) is 0 Å². The summed E-state index contributed by atoms with van der Waals surface area (Å²) in [6, 6.07) is 34.9. The fraction of sp³-hybridized carbons (Fsp3) is 0.118. The van der Waals surface area contributed by atoms with E-state index in [-0.39, 0.29) is 12.0 Å². The van der Waals surface area contributed by atoms with Crippen molar-refractivity contribution < 1.29 is 4.74 Å². The molecule has 6 aromatic rings. The summed E-state index contributed by atoms with van der Waals surface area (Å²) in [6.07, 6.45) is 4.45. The molecule has 0 saturated carbocycles. The second-order valence-corrected chi connectivity index (χ2v) is 9.34. The summed E-state index contributed by atoms with van der Waals surface area (Å²) < 4.78 is 6.72. The van der Waals surface area contributed by atoms with Gasteiger partial charge in [-0.25, -0.2) is 0 Å². The standard InChI is InChI=1S/C32H21NO.C2H6/c1-2-8-19(9-3-1)21-14-16-26-25(18-21)28-23-12-6-7-13-24(23)30-29-22-11-5-4-10-20(22)15-17-27(29)34-32(30)31(28)33-26;1-2/h1-18,27,29,33H;1-2H3. The molecule has 0 saturated heterocycles. The Bertz CT molecular complexity index is 1790. The number of rotatable bonds is 1. The first-order valence-electron chi connectivity index (χ1n) is 12.9. The van der Waals surface area contributed by atoms with Gasteiger partial charge in [-0.15, -0.1) is 0 Å². The van der Waals surface area contributed by atoms with E-state index in [1.165, 1.54) is 49.4 Å². The second-order valence-electron chi connectivity index (χ2n) is 9.34. The quantitative estimate of drug-likeness (QED) is 0.257. The van der Waals surface area contributed by atoms with Gasteiger partial charge in [-0.05, 0) is 51.2 Å². The molecule has 0 bridgehead atoms. The van der Waals surface area contributed by atoms with E-state index in [1.807, 2.05) is 13.8 Å². The molecule has 2 nitrogen and oxygen atoms in total. The molecule has 2 aliphatic rings. The maximum Gasteiger partial charge on any atom is 0.148 e. The van der Waals surface area contributed by atoms with Crippen LogP contribution in [0, 0.1) is 0 Å². The monoisotopic (exact) mass is 465 g/mol. The minimum Gasteiger partial charge on any atom is -0.483 e. The number of aromatic nitrogens is 1. The number of ether oxygens (including phenoxy) is 1. The maximum absolute atomic E-state index is 6.72. The van der Waals surface area contributed by atoms with Gasteiger partial charge in [-0.3, -0.25) is 0 Å². The van der Waals surface area contributed by atoms with E-state index in [0.29, 0.717) is 0 Å². The van der Waals surface area contributed by atoms with Gasteiger partial charge in [0.2, 0.25) is 0 Å². The molecule has 1 aliphatic carbocycles. The number of benzene rings is 5. The largest absolute Gasteiger partial charge is 0.483 e. The average molecular weight is 466 g/mol. The average Bonchev–Trinajstić information content (AvgIpc) is 3.54. The van der Waals surface area contributed by atoms with Crippen LogP contribution in [0.4, 0.5) is 0 Å². The predicted molar refractivity (Wildman–Crippen MR) is 152 cm³/mol. The van der Waals surface area contributed by atoms with Gasteiger partial charge in [0.05, 0.1) is 11.4 Å². The van der Waals surface area contributed by atoms with Crippen molar-refractivity contribution in [1.82, 2.24) is 4.98 Å². The number of fused-ring (bicyclic) bond motifs is 12. The van der Waals surface area contributed by atoms with Crippen LogP contribution in [0.2, 0.25) is 0 Å². The lowest BCUT2D eigenvalue weighted by atomic mass is 9.80. The van der Waals surface area contributed by atoms with E-state index < -0.39 is 0 Å². The van der Waals surface area contributed by atoms with Gasteiger partial charge in [0.15, 0.2) is 0 Å². The molecule has 1 aromatic heterocycles. The van der Waals surface area contributed by atoms with E-state index in [2.05, 4.69) is 114 Å². The van der Waals surface area contributed by atoms with Crippen molar-refractivity contribution in [1.29, 1.82) is 0 Å². The number of H-pyrrole nitrogens is 1. The Morgan fingerprint density at radius 2 is 1.44 bits per heavy atom. The van der Waals surface area contributed by atoms with Crippen molar-refractivity contribution in [2.45, 2.75) is 25.9 Å². The first kappa shape index (κ1) is 21.0. The van der Waals surface area contributed by atoms with Crippen LogP contribution in [-0.2, 0) is 0 Å². The van der Waals surface area contributed by atoms with Gasteiger partial charge in [-0.1, -0.05) is 105 Å². The fourth-order valence-corrected chi connectivity index (χ4v) is 6.07. The maximum atomic E-state index is 6.72. The molecule has 1 aliphatic heterocycles. The third kappa shape index (κ3) is 2.91. The third-order valence-electron chi connectivity index (χ3n) is 7.55. The molecule has 0 spiro atoms. The molecule has 8 rings (SSSR count). The number of hydrogen-bond donors (Lipinski definition) is 1. The Labute approximate surface area is 210 Å². The number of hydrogen-bond acceptors (Lipinski definition) is 1. The van der Waals surface area contributed by atoms with Crippen molar-refractivity contribution in [3.05, 3.63) is 120 Å². The molecule has 174 valence electrons. The summed E-state index contributed by atoms with van der Waals surface area (Å²) in [4.78, 5) is 3.73. The molecule has 2 atom stereocenters. The lowest BCUT2D eigenvalue weighted by Crippen LogP contribution is -2.20. The Morgan fingerprint density at radius 1 is 0.694 bits per heavy atom. The van der Waals surface area contributed by atoms with E-state index in [1.54, 1.807) is 0 Å². The minimum atomic E-state index is 0.0187. The lowest BCUT2D eigenvalue weighted by molar-refractivity contribution is 0.269. The third-order valence-corrected chi connectivity index (χ3v) is 7.55. The van der Waals surface area contributed by atoms with Crippen LogP contribution < -0.4 is 4.74 Å². The van der Waals surface area contributed by atoms with Crippen molar-refractivity contribution in [3.8, 4) is 16.9 Å². The van der Waals surface area contributed by atoms with Crippen LogP contribution in [-0.4, -0.2) is 11.1 Å². The zero-order valence-corrected chi connectivity index (χ0v) is 20.5. The van der Waals surface area contributed by atoms with Crippen LogP contribution in [0.15, 0.2) is 103 Å². The Hall–Kier alpha value is -4.30. The first-order valence-corrected chi connectivity index (χ1v) is 12.9. The smallest absolute Gasteiger partial charge is 0.148 e. The summed E-state index contributed by atoms with van der Waals surface area (Å²) >= 11 is 0. The summed E-state index contributed by atoms with van der Waals surface area (Å²) in [5, 5.41) is 5.06. The molecule has 2 heteroatoms. The summed E-state index contributed by atoms with van der Waals surface area (Å²) in [6.45, 7) is 4.00. The van der Waals surface area contributed by atoms with Crippen LogP contribution in [0.5, 0.6) is 5.75 Å². The lowest BCUT2D eigenvalue weighted by Gasteiger charge is -2.23. The Kier molecular flexibility index (Phi) is 4.75. The van der Waals surface area contributed by atoms with Gasteiger partial charge >= 0.3 is 0 Å². The van der Waals surface area contributed by atoms with Gasteiger partial charge in [-0.2, -0.15) is 0 Å². The minimum absolute atomic E-state index is 0.0187. The van der Waals surface area contributed by atoms with Crippen LogP contribution in [0.25, 0.3) is 49.8 Å². The van der Waals surface area contributed by atoms with Gasteiger partial charge in [0, 0.05) is 21.9 Å². The Morgan fingerprint density at radius 3 is 2.31 bits per heavy atom. The first-order chi connectivity index (χ1) is 17.9. The van der Waals surface area contributed by atoms with E-state index in [0.717, 1.165) is 16.8 Å². The molecule has 2 unspecified atom stereocenters. The molecule has 36 heavy (non-hydrogen) atoms. The predicted octanol–water partition coefficient (Wildman–Crippen LogP) is 9.09. The molecule has 0 amide bonds. The molecular weight excluding hydrogens is 438 g/mol. The van der Waals surface area contributed by atoms with Crippen molar-refractivity contribution in [2.24, 2.45) is 0 Å². The van der Waals surface area contributed by atoms with E-state index in [9.17, 15) is 0 Å². The highest BCUT2D eigenvalue weighted by atomic mass is 16.5. The summed E-state index contributed by atoms with van der Waals surface area (Å²) in [7, 11) is 0. The highest BCUT2D eigenvalue weighted by molar-refractivity contribution is 6.23. The van der Waals surface area contributed by atoms with E-state index >= 15 is 0 Å². The van der Waals surface area contributed by atoms with Crippen molar-refractivity contribution in [2.75, 3.05) is 0 Å². The van der Waals surface area contributed by atoms with Crippen LogP contribution in [0.1, 0.15) is 36.5 Å². The van der Waals surface area contributed by atoms with Crippen LogP contribution in [0.3, 0.4) is 0 Å². The molecule has 5 aromatic carbocycles. The van der Waals surface area contributed by atoms with E-state index in [4.69, 9.17) is 4.74 Å². The SMILES string of the molecule is C1=CC2Oc3c(c4ccccc4c4c3[nH]c3ccc(-c5ccccc5)cc34)C2c2ccccc21.CC. The van der Waals surface area contributed by atoms with Gasteiger partial charge in [0.1, 0.15) is 11.9 Å². The number of nitrogens with one attached hydrogen (secondary N) is 1. The van der Waals surface area contributed by atoms with Crippen molar-refractivity contribution >= 4 is 38.7 Å². The normalized spacial score (nSPS) is 17.3. The highest BCUT2D eigenvalue weighted by Crippen LogP contribution is 2.53. The summed E-state index contributed by atoms with van der Waals surface area (Å²) in [5.41, 5.74) is 8.64. The topological polar surface area (TPSA) is 25.0 Å². The Balaban J connectivity index is 0.00000108. The second kappa shape index (κ2) is 8.13. The molecule has 1 N–H and O–H groups in total. The number of aromatic amines is 1.